The van der Waals surface area contributed by atoms with Crippen LogP contribution in [-0.4, -0.2) is 17.3 Å². The Morgan fingerprint density at radius 3 is 2.67 bits per heavy atom. The Balaban J connectivity index is 1.65. The highest BCUT2D eigenvalue weighted by molar-refractivity contribution is 9.10. The molecular weight excluding hydrogens is 308 g/mol. The van der Waals surface area contributed by atoms with Gasteiger partial charge < -0.3 is 5.32 Å². The van der Waals surface area contributed by atoms with Crippen LogP contribution in [-0.2, 0) is 6.54 Å². The third-order valence-corrected chi connectivity index (χ3v) is 3.83. The highest BCUT2D eigenvalue weighted by Crippen LogP contribution is 2.15. The Hall–Kier alpha value is -0.840. The summed E-state index contributed by atoms with van der Waals surface area (Å²) < 4.78 is 0.889. The van der Waals surface area contributed by atoms with E-state index in [1.165, 1.54) is 4.90 Å². The molecule has 0 atom stereocenters. The smallest absolute Gasteiger partial charge is 0.106 e. The number of aromatic nitrogens is 1. The number of pyridine rings is 1. The van der Waals surface area contributed by atoms with Crippen LogP contribution in [0.15, 0.2) is 58.0 Å². The van der Waals surface area contributed by atoms with Crippen molar-refractivity contribution in [2.24, 2.45) is 0 Å². The van der Waals surface area contributed by atoms with Gasteiger partial charge in [-0.3, -0.25) is 0 Å². The van der Waals surface area contributed by atoms with Gasteiger partial charge in [-0.15, -0.1) is 11.8 Å². The van der Waals surface area contributed by atoms with E-state index in [0.717, 1.165) is 29.1 Å². The average Bonchev–Trinajstić information content (AvgIpc) is 2.40. The topological polar surface area (TPSA) is 24.9 Å². The molecule has 0 saturated carbocycles. The number of benzene rings is 1. The fraction of sp³-hybridized carbons (Fsp3) is 0.214. The minimum Gasteiger partial charge on any atom is -0.310 e. The lowest BCUT2D eigenvalue weighted by molar-refractivity contribution is 0.714. The number of thioether (sulfide) groups is 1. The summed E-state index contributed by atoms with van der Waals surface area (Å²) in [5.74, 6) is 1.07. The van der Waals surface area contributed by atoms with Crippen LogP contribution in [0.1, 0.15) is 5.69 Å². The van der Waals surface area contributed by atoms with Gasteiger partial charge in [0.1, 0.15) is 4.60 Å². The second kappa shape index (κ2) is 7.56. The molecule has 0 aliphatic rings. The van der Waals surface area contributed by atoms with Crippen molar-refractivity contribution < 1.29 is 0 Å². The Bertz CT molecular complexity index is 476. The second-order valence-corrected chi connectivity index (χ2v) is 5.77. The quantitative estimate of drug-likeness (QED) is 0.498. The standard InChI is InChI=1S/C14H15BrN2S/c15-14-8-4-5-12(17-14)11-16-9-10-18-13-6-2-1-3-7-13/h1-8,16H,9-11H2. The molecule has 1 aromatic carbocycles. The first-order chi connectivity index (χ1) is 8.84. The van der Waals surface area contributed by atoms with Crippen molar-refractivity contribution in [2.75, 3.05) is 12.3 Å². The largest absolute Gasteiger partial charge is 0.310 e. The van der Waals surface area contributed by atoms with E-state index < -0.39 is 0 Å². The molecule has 0 saturated heterocycles. The van der Waals surface area contributed by atoms with Crippen molar-refractivity contribution in [1.29, 1.82) is 0 Å². The molecule has 1 N–H and O–H groups in total. The molecule has 1 aromatic heterocycles. The summed E-state index contributed by atoms with van der Waals surface area (Å²) in [5.41, 5.74) is 1.06. The van der Waals surface area contributed by atoms with Gasteiger partial charge in [0, 0.05) is 23.7 Å². The molecule has 4 heteroatoms. The number of nitrogens with one attached hydrogen (secondary N) is 1. The van der Waals surface area contributed by atoms with Gasteiger partial charge in [-0.1, -0.05) is 24.3 Å². The van der Waals surface area contributed by atoms with Gasteiger partial charge in [-0.25, -0.2) is 4.98 Å². The predicted octanol–water partition coefficient (Wildman–Crippen LogP) is 3.73. The minimum absolute atomic E-state index is 0.814. The van der Waals surface area contributed by atoms with Gasteiger partial charge in [0.2, 0.25) is 0 Å². The molecule has 2 nitrogen and oxygen atoms in total. The second-order valence-electron chi connectivity index (χ2n) is 3.79. The Labute approximate surface area is 120 Å². The van der Waals surface area contributed by atoms with E-state index in [4.69, 9.17) is 0 Å². The maximum atomic E-state index is 4.38. The number of rotatable bonds is 6. The lowest BCUT2D eigenvalue weighted by atomic mass is 10.3. The van der Waals surface area contributed by atoms with E-state index in [9.17, 15) is 0 Å². The van der Waals surface area contributed by atoms with Crippen LogP contribution in [0.2, 0.25) is 0 Å². The molecule has 94 valence electrons. The highest BCUT2D eigenvalue weighted by Gasteiger charge is 1.96. The zero-order valence-corrected chi connectivity index (χ0v) is 12.4. The molecule has 0 spiro atoms. The van der Waals surface area contributed by atoms with Gasteiger partial charge in [0.25, 0.3) is 0 Å². The summed E-state index contributed by atoms with van der Waals surface area (Å²) in [7, 11) is 0. The van der Waals surface area contributed by atoms with Crippen LogP contribution >= 0.6 is 27.7 Å². The van der Waals surface area contributed by atoms with Gasteiger partial charge in [0.05, 0.1) is 5.69 Å². The first-order valence-electron chi connectivity index (χ1n) is 5.84. The van der Waals surface area contributed by atoms with Crippen LogP contribution in [0, 0.1) is 0 Å². The van der Waals surface area contributed by atoms with E-state index in [-0.39, 0.29) is 0 Å². The van der Waals surface area contributed by atoms with Crippen LogP contribution < -0.4 is 5.32 Å². The van der Waals surface area contributed by atoms with Crippen LogP contribution in [0.5, 0.6) is 0 Å². The summed E-state index contributed by atoms with van der Waals surface area (Å²) in [6, 6.07) is 16.4. The van der Waals surface area contributed by atoms with E-state index in [2.05, 4.69) is 50.5 Å². The number of halogens is 1. The predicted molar refractivity (Wildman–Crippen MR) is 80.8 cm³/mol. The molecule has 0 aliphatic carbocycles. The molecule has 1 heterocycles. The SMILES string of the molecule is Brc1cccc(CNCCSc2ccccc2)n1. The fourth-order valence-electron chi connectivity index (χ4n) is 1.52. The highest BCUT2D eigenvalue weighted by atomic mass is 79.9. The van der Waals surface area contributed by atoms with Crippen molar-refractivity contribution in [1.82, 2.24) is 10.3 Å². The Morgan fingerprint density at radius 2 is 1.89 bits per heavy atom. The van der Waals surface area contributed by atoms with Crippen molar-refractivity contribution in [3.8, 4) is 0 Å². The summed E-state index contributed by atoms with van der Waals surface area (Å²) >= 11 is 5.24. The van der Waals surface area contributed by atoms with Gasteiger partial charge in [0.15, 0.2) is 0 Å². The summed E-state index contributed by atoms with van der Waals surface area (Å²) in [4.78, 5) is 5.70. The van der Waals surface area contributed by atoms with E-state index >= 15 is 0 Å². The van der Waals surface area contributed by atoms with E-state index in [1.807, 2.05) is 36.0 Å². The lowest BCUT2D eigenvalue weighted by Crippen LogP contribution is -2.17. The zero-order valence-electron chi connectivity index (χ0n) is 9.97. The normalized spacial score (nSPS) is 10.5. The van der Waals surface area contributed by atoms with Crippen LogP contribution in [0.25, 0.3) is 0 Å². The molecule has 0 bridgehead atoms. The van der Waals surface area contributed by atoms with Crippen molar-refractivity contribution in [3.05, 3.63) is 58.8 Å². The van der Waals surface area contributed by atoms with E-state index in [1.54, 1.807) is 0 Å². The third-order valence-electron chi connectivity index (χ3n) is 2.37. The average molecular weight is 323 g/mol. The monoisotopic (exact) mass is 322 g/mol. The molecule has 0 aliphatic heterocycles. The third kappa shape index (κ3) is 4.80. The summed E-state index contributed by atoms with van der Waals surface area (Å²) in [6.07, 6.45) is 0. The molecule has 18 heavy (non-hydrogen) atoms. The molecule has 0 unspecified atom stereocenters. The molecule has 0 amide bonds. The minimum atomic E-state index is 0.814. The number of nitrogens with zero attached hydrogens (tertiary/aromatic N) is 1. The number of hydrogen-bond acceptors (Lipinski definition) is 3. The van der Waals surface area contributed by atoms with Crippen molar-refractivity contribution >= 4 is 27.7 Å². The fourth-order valence-corrected chi connectivity index (χ4v) is 2.74. The summed E-state index contributed by atoms with van der Waals surface area (Å²) in [6.45, 7) is 1.79. The molecule has 2 aromatic rings. The Morgan fingerprint density at radius 1 is 1.06 bits per heavy atom. The maximum Gasteiger partial charge on any atom is 0.106 e. The Kier molecular flexibility index (Phi) is 5.71. The van der Waals surface area contributed by atoms with Gasteiger partial charge >= 0.3 is 0 Å². The van der Waals surface area contributed by atoms with Crippen molar-refractivity contribution in [3.63, 3.8) is 0 Å². The van der Waals surface area contributed by atoms with E-state index in [0.29, 0.717) is 0 Å². The lowest BCUT2D eigenvalue weighted by Gasteiger charge is -2.04. The zero-order chi connectivity index (χ0) is 12.6. The molecule has 0 radical (unpaired) electrons. The first-order valence-corrected chi connectivity index (χ1v) is 7.62. The first kappa shape index (κ1) is 13.6. The molecule has 0 fully saturated rings. The molecular formula is C14H15BrN2S. The maximum absolute atomic E-state index is 4.38. The summed E-state index contributed by atoms with van der Waals surface area (Å²) in [5, 5.41) is 3.39. The van der Waals surface area contributed by atoms with Crippen molar-refractivity contribution in [2.45, 2.75) is 11.4 Å². The van der Waals surface area contributed by atoms with Crippen LogP contribution in [0.4, 0.5) is 0 Å². The molecule has 2 rings (SSSR count). The number of hydrogen-bond donors (Lipinski definition) is 1. The van der Waals surface area contributed by atoms with Crippen LogP contribution in [0.3, 0.4) is 0 Å². The van der Waals surface area contributed by atoms with Gasteiger partial charge in [-0.2, -0.15) is 0 Å². The van der Waals surface area contributed by atoms with Gasteiger partial charge in [-0.05, 0) is 40.2 Å².